The van der Waals surface area contributed by atoms with Gasteiger partial charge in [0.25, 0.3) is 0 Å². The summed E-state index contributed by atoms with van der Waals surface area (Å²) in [6.45, 7) is 2.26. The molecule has 2 aromatic heterocycles. The van der Waals surface area contributed by atoms with E-state index in [0.717, 1.165) is 5.56 Å². The number of thiocarbonyl (C=S) groups is 1. The molecule has 0 saturated carbocycles. The zero-order valence-corrected chi connectivity index (χ0v) is 18.1. The van der Waals surface area contributed by atoms with Gasteiger partial charge in [0.05, 0.1) is 18.3 Å². The molecule has 2 aromatic carbocycles. The van der Waals surface area contributed by atoms with Gasteiger partial charge >= 0.3 is 0 Å². The fraction of sp³-hybridized carbons (Fsp3) is 0.130. The fourth-order valence-corrected chi connectivity index (χ4v) is 3.33. The number of amides is 1. The monoisotopic (exact) mass is 447 g/mol. The van der Waals surface area contributed by atoms with E-state index in [1.807, 2.05) is 49.4 Å². The molecule has 162 valence electrons. The van der Waals surface area contributed by atoms with Crippen molar-refractivity contribution in [3.8, 4) is 5.88 Å². The number of nitrogens with one attached hydrogen (secondary N) is 2. The minimum absolute atomic E-state index is 0.0864. The molecule has 9 heteroatoms. The normalized spacial score (nSPS) is 11.2. The van der Waals surface area contributed by atoms with Gasteiger partial charge in [0.2, 0.25) is 16.9 Å². The first-order valence-corrected chi connectivity index (χ1v) is 10.3. The van der Waals surface area contributed by atoms with E-state index in [1.54, 1.807) is 24.5 Å². The molecule has 0 bridgehead atoms. The molecule has 0 unspecified atom stereocenters. The first-order valence-electron chi connectivity index (χ1n) is 9.90. The number of carbonyl (C=O) groups is 1. The molecular formula is C23H21N5O3S. The Morgan fingerprint density at radius 3 is 2.66 bits per heavy atom. The average molecular weight is 448 g/mol. The molecule has 1 amide bonds. The number of aryl methyl sites for hydroxylation is 1. The molecule has 0 atom stereocenters. The van der Waals surface area contributed by atoms with E-state index in [1.165, 1.54) is 4.57 Å². The Morgan fingerprint density at radius 1 is 1.12 bits per heavy atom. The van der Waals surface area contributed by atoms with Gasteiger partial charge in [0.1, 0.15) is 12.3 Å². The van der Waals surface area contributed by atoms with Gasteiger partial charge in [0.15, 0.2) is 5.69 Å². The second kappa shape index (κ2) is 9.44. The van der Waals surface area contributed by atoms with E-state index < -0.39 is 0 Å². The van der Waals surface area contributed by atoms with E-state index in [2.05, 4.69) is 20.9 Å². The largest absolute Gasteiger partial charge is 0.493 e. The third-order valence-electron chi connectivity index (χ3n) is 4.79. The number of furan rings is 1. The van der Waals surface area contributed by atoms with Crippen LogP contribution < -0.4 is 10.6 Å². The van der Waals surface area contributed by atoms with Crippen molar-refractivity contribution in [1.82, 2.24) is 9.88 Å². The van der Waals surface area contributed by atoms with Crippen LogP contribution in [0.4, 0.5) is 11.4 Å². The van der Waals surface area contributed by atoms with Crippen LogP contribution in [0.3, 0.4) is 0 Å². The molecule has 8 nitrogen and oxygen atoms in total. The minimum Gasteiger partial charge on any atom is -0.493 e. The van der Waals surface area contributed by atoms with Crippen LogP contribution in [0.15, 0.2) is 81.6 Å². The van der Waals surface area contributed by atoms with Crippen molar-refractivity contribution in [2.24, 2.45) is 10.2 Å². The number of aromatic hydroxyl groups is 1. The van der Waals surface area contributed by atoms with Crippen molar-refractivity contribution in [2.45, 2.75) is 20.0 Å². The Kier molecular flexibility index (Phi) is 6.27. The van der Waals surface area contributed by atoms with Gasteiger partial charge in [0, 0.05) is 11.1 Å². The Balaban J connectivity index is 1.52. The second-order valence-corrected chi connectivity index (χ2v) is 7.51. The van der Waals surface area contributed by atoms with Crippen molar-refractivity contribution in [3.05, 3.63) is 78.3 Å². The predicted molar refractivity (Wildman–Crippen MR) is 126 cm³/mol. The number of azo groups is 1. The van der Waals surface area contributed by atoms with Crippen LogP contribution in [-0.4, -0.2) is 20.7 Å². The molecule has 0 aliphatic rings. The summed E-state index contributed by atoms with van der Waals surface area (Å²) in [7, 11) is 0. The maximum Gasteiger partial charge on any atom is 0.244 e. The number of carbonyl (C=O) groups excluding carboxylic acids is 1. The molecule has 32 heavy (non-hydrogen) atoms. The summed E-state index contributed by atoms with van der Waals surface area (Å²) in [6, 6.07) is 18.3. The lowest BCUT2D eigenvalue weighted by Gasteiger charge is -2.08. The van der Waals surface area contributed by atoms with Gasteiger partial charge in [-0.15, -0.1) is 10.2 Å². The summed E-state index contributed by atoms with van der Waals surface area (Å²) < 4.78 is 6.73. The van der Waals surface area contributed by atoms with Gasteiger partial charge in [-0.3, -0.25) is 4.79 Å². The Labute approximate surface area is 189 Å². The van der Waals surface area contributed by atoms with E-state index >= 15 is 0 Å². The molecule has 4 aromatic rings. The van der Waals surface area contributed by atoms with Crippen LogP contribution in [0.25, 0.3) is 10.9 Å². The van der Waals surface area contributed by atoms with Crippen LogP contribution >= 0.6 is 12.2 Å². The van der Waals surface area contributed by atoms with Crippen molar-refractivity contribution in [1.29, 1.82) is 0 Å². The Morgan fingerprint density at radius 2 is 1.91 bits per heavy atom. The summed E-state index contributed by atoms with van der Waals surface area (Å²) in [6.07, 6.45) is 1.57. The summed E-state index contributed by atoms with van der Waals surface area (Å²) in [4.78, 5) is 12.6. The Hall–Kier alpha value is -3.98. The lowest BCUT2D eigenvalue weighted by Crippen LogP contribution is -2.18. The average Bonchev–Trinajstić information content (AvgIpc) is 3.40. The molecule has 2 heterocycles. The van der Waals surface area contributed by atoms with Crippen LogP contribution in [0.5, 0.6) is 5.88 Å². The summed E-state index contributed by atoms with van der Waals surface area (Å²) in [5, 5.41) is 25.5. The van der Waals surface area contributed by atoms with Crippen LogP contribution in [0.1, 0.15) is 11.3 Å². The number of hydrogen-bond acceptors (Lipinski definition) is 5. The third kappa shape index (κ3) is 4.84. The van der Waals surface area contributed by atoms with Gasteiger partial charge in [-0.1, -0.05) is 35.9 Å². The van der Waals surface area contributed by atoms with Gasteiger partial charge < -0.3 is 24.7 Å². The molecule has 4 rings (SSSR count). The van der Waals surface area contributed by atoms with E-state index in [9.17, 15) is 9.90 Å². The first kappa shape index (κ1) is 21.3. The maximum absolute atomic E-state index is 12.6. The highest BCUT2D eigenvalue weighted by Gasteiger charge is 2.18. The SMILES string of the molecule is Cc1ccc(NC(=O)Cn2c(O)c(N=NC(=S)NCc3ccco3)c3ccccc32)cc1. The number of anilines is 1. The van der Waals surface area contributed by atoms with Crippen molar-refractivity contribution >= 4 is 45.5 Å². The van der Waals surface area contributed by atoms with Crippen LogP contribution in [0, 0.1) is 6.92 Å². The lowest BCUT2D eigenvalue weighted by atomic mass is 10.2. The smallest absolute Gasteiger partial charge is 0.244 e. The number of hydrogen-bond donors (Lipinski definition) is 3. The standard InChI is InChI=1S/C23H21N5O3S/c1-15-8-10-16(11-9-15)25-20(29)14-28-19-7-3-2-6-18(19)21(22(28)30)26-27-23(32)24-13-17-5-4-12-31-17/h2-12,30H,13-14H2,1H3,(H,24,32)(H,25,29). The van der Waals surface area contributed by atoms with E-state index in [4.69, 9.17) is 16.6 Å². The zero-order valence-electron chi connectivity index (χ0n) is 17.3. The summed E-state index contributed by atoms with van der Waals surface area (Å²) >= 11 is 5.19. The van der Waals surface area contributed by atoms with Crippen molar-refractivity contribution < 1.29 is 14.3 Å². The number of fused-ring (bicyclic) bond motifs is 1. The molecule has 0 saturated heterocycles. The number of para-hydroxylation sites is 1. The molecule has 3 N–H and O–H groups in total. The predicted octanol–water partition coefficient (Wildman–Crippen LogP) is 5.05. The molecular weight excluding hydrogens is 426 g/mol. The maximum atomic E-state index is 12.6. The number of benzene rings is 2. The first-order chi connectivity index (χ1) is 15.5. The highest BCUT2D eigenvalue weighted by molar-refractivity contribution is 7.80. The molecule has 0 aliphatic carbocycles. The second-order valence-electron chi connectivity index (χ2n) is 7.13. The molecule has 0 spiro atoms. The summed E-state index contributed by atoms with van der Waals surface area (Å²) in [5.41, 5.74) is 2.69. The van der Waals surface area contributed by atoms with Crippen LogP contribution in [-0.2, 0) is 17.9 Å². The van der Waals surface area contributed by atoms with Crippen LogP contribution in [0.2, 0.25) is 0 Å². The molecule has 0 fully saturated rings. The number of rotatable bonds is 6. The summed E-state index contributed by atoms with van der Waals surface area (Å²) in [5.74, 6) is 0.272. The highest BCUT2D eigenvalue weighted by Crippen LogP contribution is 2.38. The zero-order chi connectivity index (χ0) is 22.5. The molecule has 0 radical (unpaired) electrons. The minimum atomic E-state index is -0.274. The quantitative estimate of drug-likeness (QED) is 0.284. The van der Waals surface area contributed by atoms with Gasteiger partial charge in [-0.25, -0.2) is 0 Å². The van der Waals surface area contributed by atoms with Gasteiger partial charge in [-0.2, -0.15) is 0 Å². The fourth-order valence-electron chi connectivity index (χ4n) is 3.22. The number of nitrogens with zero attached hydrogens (tertiary/aromatic N) is 3. The Bertz CT molecular complexity index is 1280. The lowest BCUT2D eigenvalue weighted by molar-refractivity contribution is -0.116. The molecule has 0 aliphatic heterocycles. The van der Waals surface area contributed by atoms with E-state index in [0.29, 0.717) is 28.9 Å². The highest BCUT2D eigenvalue weighted by atomic mass is 32.1. The number of aromatic nitrogens is 1. The van der Waals surface area contributed by atoms with Crippen molar-refractivity contribution in [3.63, 3.8) is 0 Å². The van der Waals surface area contributed by atoms with E-state index in [-0.39, 0.29) is 29.1 Å². The topological polar surface area (TPSA) is 104 Å². The third-order valence-corrected chi connectivity index (χ3v) is 5.02. The van der Waals surface area contributed by atoms with Crippen molar-refractivity contribution in [2.75, 3.05) is 5.32 Å². The van der Waals surface area contributed by atoms with Gasteiger partial charge in [-0.05, 0) is 49.5 Å².